The van der Waals surface area contributed by atoms with Crippen LogP contribution < -0.4 is 0 Å². The number of unbranched alkanes of at least 4 members (excludes halogenated alkanes) is 3. The third kappa shape index (κ3) is 7.23. The Morgan fingerprint density at radius 1 is 0.392 bits per heavy atom. The summed E-state index contributed by atoms with van der Waals surface area (Å²) >= 11 is 0. The van der Waals surface area contributed by atoms with Crippen molar-refractivity contribution in [1.82, 2.24) is 13.7 Å². The van der Waals surface area contributed by atoms with Crippen molar-refractivity contribution >= 4 is 88.2 Å². The lowest BCUT2D eigenvalue weighted by atomic mass is 10.0. The van der Waals surface area contributed by atoms with Gasteiger partial charge in [-0.2, -0.15) is 0 Å². The molecule has 0 spiro atoms. The number of nitrogens with zero attached hydrogens (tertiary/aromatic N) is 3. The lowest BCUT2D eigenvalue weighted by Crippen LogP contribution is -2.03. The van der Waals surface area contributed by atoms with E-state index in [1.54, 1.807) is 0 Å². The molecule has 0 radical (unpaired) electrons. The molecular formula is C36H42N3O9P3. The van der Waals surface area contributed by atoms with Crippen LogP contribution in [0, 0.1) is 0 Å². The van der Waals surface area contributed by atoms with Gasteiger partial charge in [-0.05, 0) is 56.7 Å². The van der Waals surface area contributed by atoms with Crippen molar-refractivity contribution in [2.24, 2.45) is 0 Å². The van der Waals surface area contributed by atoms with Crippen LogP contribution in [0.4, 0.5) is 0 Å². The van der Waals surface area contributed by atoms with Crippen LogP contribution in [0.5, 0.6) is 0 Å². The molecule has 0 amide bonds. The molecule has 51 heavy (non-hydrogen) atoms. The highest BCUT2D eigenvalue weighted by Crippen LogP contribution is 2.48. The monoisotopic (exact) mass is 753 g/mol. The molecule has 0 unspecified atom stereocenters. The van der Waals surface area contributed by atoms with Gasteiger partial charge in [0.25, 0.3) is 0 Å². The highest BCUT2D eigenvalue weighted by Gasteiger charge is 2.27. The van der Waals surface area contributed by atoms with E-state index in [-0.39, 0.29) is 18.5 Å². The number of para-hydroxylation sites is 3. The molecule has 6 N–H and O–H groups in total. The summed E-state index contributed by atoms with van der Waals surface area (Å²) in [5, 5.41) is 6.22. The third-order valence-electron chi connectivity index (χ3n) is 9.87. The van der Waals surface area contributed by atoms with Gasteiger partial charge in [0.05, 0.1) is 16.6 Å². The van der Waals surface area contributed by atoms with Gasteiger partial charge in [0.2, 0.25) is 0 Å². The molecule has 0 aliphatic heterocycles. The molecular weight excluding hydrogens is 711 g/mol. The van der Waals surface area contributed by atoms with E-state index in [2.05, 4.69) is 50.1 Å². The largest absolute Gasteiger partial charge is 0.340 e. The van der Waals surface area contributed by atoms with Gasteiger partial charge in [-0.15, -0.1) is 0 Å². The number of hydrogen-bond donors (Lipinski definition) is 6. The molecule has 270 valence electrons. The minimum atomic E-state index is -4.15. The Morgan fingerprint density at radius 2 is 0.647 bits per heavy atom. The predicted octanol–water partition coefficient (Wildman–Crippen LogP) is 7.88. The average molecular weight is 754 g/mol. The number of aromatic nitrogens is 3. The molecule has 4 aromatic carbocycles. The van der Waals surface area contributed by atoms with Gasteiger partial charge in [0.15, 0.2) is 0 Å². The maximum absolute atomic E-state index is 11.7. The summed E-state index contributed by atoms with van der Waals surface area (Å²) in [5.74, 6) is 0. The van der Waals surface area contributed by atoms with E-state index in [1.165, 1.54) is 0 Å². The van der Waals surface area contributed by atoms with Crippen molar-refractivity contribution in [2.45, 2.75) is 58.2 Å². The first-order valence-corrected chi connectivity index (χ1v) is 22.6. The first kappa shape index (κ1) is 36.1. The second-order valence-electron chi connectivity index (χ2n) is 13.5. The van der Waals surface area contributed by atoms with Crippen LogP contribution in [-0.4, -0.2) is 61.5 Å². The molecule has 0 atom stereocenters. The summed E-state index contributed by atoms with van der Waals surface area (Å²) < 4.78 is 42.0. The minimum Gasteiger partial charge on any atom is -0.340 e. The second-order valence-corrected chi connectivity index (χ2v) is 18.8. The van der Waals surface area contributed by atoms with Crippen molar-refractivity contribution in [3.8, 4) is 0 Å². The Labute approximate surface area is 293 Å². The van der Waals surface area contributed by atoms with E-state index in [1.807, 2.05) is 36.4 Å². The van der Waals surface area contributed by atoms with E-state index in [0.29, 0.717) is 58.2 Å². The number of rotatable bonds is 15. The Bertz CT molecular complexity index is 2260. The quantitative estimate of drug-likeness (QED) is 0.0447. The van der Waals surface area contributed by atoms with E-state index >= 15 is 0 Å². The van der Waals surface area contributed by atoms with E-state index in [0.717, 1.165) is 65.4 Å². The predicted molar refractivity (Wildman–Crippen MR) is 204 cm³/mol. The van der Waals surface area contributed by atoms with Gasteiger partial charge in [0, 0.05) is 87.0 Å². The maximum Gasteiger partial charge on any atom is 0.325 e. The molecule has 15 heteroatoms. The molecule has 0 bridgehead atoms. The molecule has 3 aromatic heterocycles. The maximum atomic E-state index is 11.7. The first-order valence-electron chi connectivity index (χ1n) is 17.2. The zero-order valence-corrected chi connectivity index (χ0v) is 30.7. The molecule has 0 aliphatic carbocycles. The van der Waals surface area contributed by atoms with Crippen LogP contribution in [0.2, 0.25) is 0 Å². The number of aryl methyl sites for hydroxylation is 3. The van der Waals surface area contributed by atoms with Crippen LogP contribution >= 0.6 is 22.8 Å². The van der Waals surface area contributed by atoms with Crippen LogP contribution in [0.3, 0.4) is 0 Å². The Morgan fingerprint density at radius 3 is 0.902 bits per heavy atom. The molecule has 0 saturated heterocycles. The summed E-state index contributed by atoms with van der Waals surface area (Å²) in [6.45, 7) is 1.57. The SMILES string of the molecule is O=P(O)(O)CCCCn1c2ccccc2c2c1c1c3ccccc3n(CCCCP(=O)(O)O)c1c1c3ccccc3n(CCCCP(=O)(O)O)c21. The summed E-state index contributed by atoms with van der Waals surface area (Å²) in [5.41, 5.74) is 5.98. The van der Waals surface area contributed by atoms with Gasteiger partial charge in [-0.3, -0.25) is 13.7 Å². The molecule has 12 nitrogen and oxygen atoms in total. The van der Waals surface area contributed by atoms with Crippen molar-refractivity contribution in [3.63, 3.8) is 0 Å². The standard InChI is InChI=1S/C36H42N3O9P3/c40-49(41,42)22-10-7-19-37-28-16-4-1-13-25(28)31-34(37)32-27-15-3-6-18-30(27)39(21-9-12-24-51(46,47)48)36(32)33-26-14-2-5-17-29(26)38(35(31)33)20-8-11-23-50(43,44)45/h1-6,13-18H,7-12,19-24H2,(H2,40,41,42)(H2,43,44,45)(H2,46,47,48). The third-order valence-corrected chi connectivity index (χ3v) is 12.6. The lowest BCUT2D eigenvalue weighted by Gasteiger charge is -2.13. The number of fused-ring (bicyclic) bond motifs is 12. The van der Waals surface area contributed by atoms with Crippen molar-refractivity contribution in [2.75, 3.05) is 18.5 Å². The lowest BCUT2D eigenvalue weighted by molar-refractivity contribution is 0.368. The summed E-state index contributed by atoms with van der Waals surface area (Å²) in [7, 11) is -12.5. The van der Waals surface area contributed by atoms with E-state index < -0.39 is 22.8 Å². The molecule has 7 rings (SSSR count). The molecule has 0 fully saturated rings. The van der Waals surface area contributed by atoms with Gasteiger partial charge >= 0.3 is 22.8 Å². The van der Waals surface area contributed by atoms with Crippen LogP contribution in [0.1, 0.15) is 38.5 Å². The summed E-state index contributed by atoms with van der Waals surface area (Å²) in [6.07, 6.45) is 2.11. The highest BCUT2D eigenvalue weighted by atomic mass is 31.2. The fourth-order valence-electron chi connectivity index (χ4n) is 7.87. The Hall–Kier alpha value is -3.27. The molecule has 3 heterocycles. The van der Waals surface area contributed by atoms with Crippen molar-refractivity contribution in [1.29, 1.82) is 0 Å². The highest BCUT2D eigenvalue weighted by molar-refractivity contribution is 7.52. The van der Waals surface area contributed by atoms with Gasteiger partial charge in [0.1, 0.15) is 0 Å². The molecule has 0 aliphatic rings. The topological polar surface area (TPSA) is 187 Å². The normalized spacial score (nSPS) is 13.3. The van der Waals surface area contributed by atoms with Crippen molar-refractivity contribution < 1.29 is 43.1 Å². The average Bonchev–Trinajstić information content (AvgIpc) is 3.68. The van der Waals surface area contributed by atoms with Crippen LogP contribution in [0.15, 0.2) is 72.8 Å². The molecule has 0 saturated carbocycles. The van der Waals surface area contributed by atoms with Crippen LogP contribution in [-0.2, 0) is 33.3 Å². The fraction of sp³-hybridized carbons (Fsp3) is 0.333. The van der Waals surface area contributed by atoms with Gasteiger partial charge in [-0.25, -0.2) is 0 Å². The second kappa shape index (κ2) is 13.9. The fourth-order valence-corrected chi connectivity index (χ4v) is 9.78. The first-order chi connectivity index (χ1) is 24.2. The zero-order chi connectivity index (χ0) is 36.1. The van der Waals surface area contributed by atoms with Crippen molar-refractivity contribution in [3.05, 3.63) is 72.8 Å². The Kier molecular flexibility index (Phi) is 9.87. The Balaban J connectivity index is 1.57. The van der Waals surface area contributed by atoms with Gasteiger partial charge < -0.3 is 43.1 Å². The molecule has 7 aromatic rings. The van der Waals surface area contributed by atoms with Crippen LogP contribution in [0.25, 0.3) is 65.4 Å². The van der Waals surface area contributed by atoms with E-state index in [9.17, 15) is 43.1 Å². The minimum absolute atomic E-state index is 0.194. The van der Waals surface area contributed by atoms with E-state index in [4.69, 9.17) is 0 Å². The zero-order valence-electron chi connectivity index (χ0n) is 28.0. The summed E-state index contributed by atoms with van der Waals surface area (Å²) in [6, 6.07) is 24.5. The smallest absolute Gasteiger partial charge is 0.325 e. The number of hydrogen-bond acceptors (Lipinski definition) is 3. The van der Waals surface area contributed by atoms with Gasteiger partial charge in [-0.1, -0.05) is 54.6 Å². The summed E-state index contributed by atoms with van der Waals surface area (Å²) in [4.78, 5) is 57.5. The number of benzene rings is 4.